The summed E-state index contributed by atoms with van der Waals surface area (Å²) in [6.45, 7) is 0. The van der Waals surface area contributed by atoms with Crippen molar-refractivity contribution in [3.63, 3.8) is 0 Å². The third kappa shape index (κ3) is 5.30. The molecular formula is C13H14BrF3N2O3. The highest BCUT2D eigenvalue weighted by Crippen LogP contribution is 2.28. The van der Waals surface area contributed by atoms with Gasteiger partial charge in [-0.25, -0.2) is 0 Å². The zero-order chi connectivity index (χ0) is 16.9. The summed E-state index contributed by atoms with van der Waals surface area (Å²) in [5, 5.41) is 2.43. The molecule has 0 aliphatic rings. The fourth-order valence-electron chi connectivity index (χ4n) is 1.60. The number of nitrogens with one attached hydrogen (secondary N) is 1. The molecule has 1 aromatic rings. The predicted octanol–water partition coefficient (Wildman–Crippen LogP) is 2.45. The van der Waals surface area contributed by atoms with Crippen LogP contribution in [-0.4, -0.2) is 36.0 Å². The number of carbonyl (C=O) groups is 2. The highest BCUT2D eigenvalue weighted by atomic mass is 79.9. The number of alkyl halides is 4. The topological polar surface area (TPSA) is 81.4 Å². The third-order valence-corrected chi connectivity index (χ3v) is 3.58. The minimum absolute atomic E-state index is 0.255. The van der Waals surface area contributed by atoms with E-state index in [-0.39, 0.29) is 5.56 Å². The van der Waals surface area contributed by atoms with Crippen LogP contribution >= 0.6 is 15.9 Å². The van der Waals surface area contributed by atoms with Crippen LogP contribution in [0.15, 0.2) is 24.3 Å². The summed E-state index contributed by atoms with van der Waals surface area (Å²) in [6, 6.07) is 5.65. The minimum atomic E-state index is -4.55. The maximum Gasteiger partial charge on any atom is 0.414 e. The summed E-state index contributed by atoms with van der Waals surface area (Å²) in [7, 11) is 0.929. The standard InChI is InChI=1S/C13H14BrF3N2O3/c1-22-10(13(15,16)17)6-9(14)12(21)19-8-4-2-7(3-5-8)11(18)20/h2-5,9-10H,6H2,1H3,(H2,18,20)(H,19,21). The number of amides is 2. The normalized spacial score (nSPS) is 14.2. The Balaban J connectivity index is 2.66. The molecule has 2 atom stereocenters. The van der Waals surface area contributed by atoms with Gasteiger partial charge in [-0.05, 0) is 24.3 Å². The number of halogens is 4. The van der Waals surface area contributed by atoms with Crippen molar-refractivity contribution < 1.29 is 27.5 Å². The first kappa shape index (κ1) is 18.4. The van der Waals surface area contributed by atoms with Gasteiger partial charge in [0.2, 0.25) is 11.8 Å². The molecule has 0 aliphatic heterocycles. The lowest BCUT2D eigenvalue weighted by Gasteiger charge is -2.21. The van der Waals surface area contributed by atoms with Crippen molar-refractivity contribution in [2.24, 2.45) is 5.73 Å². The van der Waals surface area contributed by atoms with E-state index in [0.717, 1.165) is 7.11 Å². The van der Waals surface area contributed by atoms with E-state index < -0.39 is 35.3 Å². The number of carbonyl (C=O) groups excluding carboxylic acids is 2. The summed E-state index contributed by atoms with van der Waals surface area (Å²) < 4.78 is 42.1. The average Bonchev–Trinajstić information content (AvgIpc) is 2.43. The predicted molar refractivity (Wildman–Crippen MR) is 77.8 cm³/mol. The van der Waals surface area contributed by atoms with E-state index in [9.17, 15) is 22.8 Å². The lowest BCUT2D eigenvalue weighted by molar-refractivity contribution is -0.213. The molecule has 9 heteroatoms. The molecule has 2 amide bonds. The number of benzene rings is 1. The first-order valence-corrected chi connectivity index (χ1v) is 7.01. The number of primary amides is 1. The molecule has 22 heavy (non-hydrogen) atoms. The smallest absolute Gasteiger partial charge is 0.372 e. The number of hydrogen-bond acceptors (Lipinski definition) is 3. The molecule has 1 rings (SSSR count). The molecule has 0 fully saturated rings. The zero-order valence-corrected chi connectivity index (χ0v) is 13.1. The molecule has 5 nitrogen and oxygen atoms in total. The van der Waals surface area contributed by atoms with E-state index >= 15 is 0 Å². The molecule has 122 valence electrons. The Bertz CT molecular complexity index is 534. The van der Waals surface area contributed by atoms with Gasteiger partial charge in [-0.15, -0.1) is 0 Å². The van der Waals surface area contributed by atoms with Gasteiger partial charge < -0.3 is 15.8 Å². The molecule has 0 aliphatic carbocycles. The summed E-state index contributed by atoms with van der Waals surface area (Å²) in [6.07, 6.45) is -7.16. The summed E-state index contributed by atoms with van der Waals surface area (Å²) >= 11 is 2.91. The van der Waals surface area contributed by atoms with Crippen LogP contribution in [0.1, 0.15) is 16.8 Å². The summed E-state index contributed by atoms with van der Waals surface area (Å²) in [5.41, 5.74) is 5.66. The first-order valence-electron chi connectivity index (χ1n) is 6.09. The Morgan fingerprint density at radius 3 is 2.27 bits per heavy atom. The SMILES string of the molecule is COC(CC(Br)C(=O)Nc1ccc(C(N)=O)cc1)C(F)(F)F. The molecule has 0 aromatic heterocycles. The molecule has 0 saturated carbocycles. The maximum atomic E-state index is 12.6. The molecule has 0 saturated heterocycles. The van der Waals surface area contributed by atoms with Gasteiger partial charge in [-0.1, -0.05) is 15.9 Å². The van der Waals surface area contributed by atoms with Gasteiger partial charge in [0, 0.05) is 24.8 Å². The van der Waals surface area contributed by atoms with Crippen molar-refractivity contribution in [2.45, 2.75) is 23.5 Å². The van der Waals surface area contributed by atoms with Crippen LogP contribution in [0.2, 0.25) is 0 Å². The number of nitrogens with two attached hydrogens (primary N) is 1. The van der Waals surface area contributed by atoms with Crippen molar-refractivity contribution in [2.75, 3.05) is 12.4 Å². The number of methoxy groups -OCH3 is 1. The lowest BCUT2D eigenvalue weighted by atomic mass is 10.1. The van der Waals surface area contributed by atoms with Crippen LogP contribution in [0.4, 0.5) is 18.9 Å². The quantitative estimate of drug-likeness (QED) is 0.741. The number of hydrogen-bond donors (Lipinski definition) is 2. The Hall–Kier alpha value is -1.61. The van der Waals surface area contributed by atoms with Crippen LogP contribution < -0.4 is 11.1 Å². The monoisotopic (exact) mass is 382 g/mol. The van der Waals surface area contributed by atoms with Crippen LogP contribution in [0.5, 0.6) is 0 Å². The summed E-state index contributed by atoms with van der Waals surface area (Å²) in [4.78, 5) is 21.6. The van der Waals surface area contributed by atoms with E-state index in [2.05, 4.69) is 26.0 Å². The molecule has 2 unspecified atom stereocenters. The van der Waals surface area contributed by atoms with Gasteiger partial charge in [-0.3, -0.25) is 9.59 Å². The fraction of sp³-hybridized carbons (Fsp3) is 0.385. The van der Waals surface area contributed by atoms with Gasteiger partial charge in [0.25, 0.3) is 0 Å². The first-order chi connectivity index (χ1) is 10.1. The van der Waals surface area contributed by atoms with E-state index in [4.69, 9.17) is 5.73 Å². The van der Waals surface area contributed by atoms with Gasteiger partial charge in [0.05, 0.1) is 4.83 Å². The van der Waals surface area contributed by atoms with E-state index in [1.54, 1.807) is 0 Å². The van der Waals surface area contributed by atoms with Crippen molar-refractivity contribution in [1.29, 1.82) is 0 Å². The minimum Gasteiger partial charge on any atom is -0.372 e. The highest BCUT2D eigenvalue weighted by molar-refractivity contribution is 9.10. The zero-order valence-electron chi connectivity index (χ0n) is 11.5. The lowest BCUT2D eigenvalue weighted by Crippen LogP contribution is -2.36. The molecule has 1 aromatic carbocycles. The molecule has 0 heterocycles. The van der Waals surface area contributed by atoms with Crippen molar-refractivity contribution in [3.05, 3.63) is 29.8 Å². The maximum absolute atomic E-state index is 12.6. The number of rotatable bonds is 6. The Kier molecular flexibility index (Phi) is 6.36. The number of anilines is 1. The van der Waals surface area contributed by atoms with Gasteiger partial charge in [0.15, 0.2) is 6.10 Å². The highest BCUT2D eigenvalue weighted by Gasteiger charge is 2.41. The second kappa shape index (κ2) is 7.59. The fourth-order valence-corrected chi connectivity index (χ4v) is 2.05. The summed E-state index contributed by atoms with van der Waals surface area (Å²) in [5.74, 6) is -1.28. The van der Waals surface area contributed by atoms with E-state index in [1.807, 2.05) is 0 Å². The second-order valence-electron chi connectivity index (χ2n) is 4.40. The van der Waals surface area contributed by atoms with Crippen molar-refractivity contribution >= 4 is 33.4 Å². The van der Waals surface area contributed by atoms with Crippen molar-refractivity contribution in [3.8, 4) is 0 Å². The third-order valence-electron chi connectivity index (χ3n) is 2.79. The van der Waals surface area contributed by atoms with Gasteiger partial charge in [-0.2, -0.15) is 13.2 Å². The Labute approximate surface area is 133 Å². The van der Waals surface area contributed by atoms with E-state index in [0.29, 0.717) is 5.69 Å². The van der Waals surface area contributed by atoms with Crippen LogP contribution in [-0.2, 0) is 9.53 Å². The number of ether oxygens (including phenoxy) is 1. The Morgan fingerprint density at radius 2 is 1.86 bits per heavy atom. The average molecular weight is 383 g/mol. The second-order valence-corrected chi connectivity index (χ2v) is 5.51. The van der Waals surface area contributed by atoms with Crippen LogP contribution in [0.3, 0.4) is 0 Å². The van der Waals surface area contributed by atoms with Crippen molar-refractivity contribution in [1.82, 2.24) is 0 Å². The Morgan fingerprint density at radius 1 is 1.32 bits per heavy atom. The molecule has 0 bridgehead atoms. The molecule has 0 spiro atoms. The van der Waals surface area contributed by atoms with Crippen LogP contribution in [0.25, 0.3) is 0 Å². The largest absolute Gasteiger partial charge is 0.414 e. The molecule has 3 N–H and O–H groups in total. The molecule has 0 radical (unpaired) electrons. The molecular weight excluding hydrogens is 369 g/mol. The van der Waals surface area contributed by atoms with Gasteiger partial charge >= 0.3 is 6.18 Å². The van der Waals surface area contributed by atoms with Gasteiger partial charge in [0.1, 0.15) is 0 Å². The van der Waals surface area contributed by atoms with Crippen LogP contribution in [0, 0.1) is 0 Å². The van der Waals surface area contributed by atoms with E-state index in [1.165, 1.54) is 24.3 Å².